The monoisotopic (exact) mass is 239 g/mol. The second-order valence-corrected chi connectivity index (χ2v) is 9.20. The first-order chi connectivity index (χ1) is 7.81. The second kappa shape index (κ2) is 8.07. The summed E-state index contributed by atoms with van der Waals surface area (Å²) in [6.45, 7) is 12.8. The molecule has 1 atom stereocenters. The molecular formula is C14H29NSi. The van der Waals surface area contributed by atoms with E-state index in [2.05, 4.69) is 31.4 Å². The summed E-state index contributed by atoms with van der Waals surface area (Å²) < 4.78 is 0. The lowest BCUT2D eigenvalue weighted by atomic mass is 10.2. The van der Waals surface area contributed by atoms with Crippen molar-refractivity contribution in [2.45, 2.75) is 57.2 Å². The maximum atomic E-state index is 4.07. The topological polar surface area (TPSA) is 3.24 Å². The molecule has 0 spiro atoms. The normalized spacial score (nSPS) is 20.7. The van der Waals surface area contributed by atoms with Gasteiger partial charge in [0.05, 0.1) is 0 Å². The van der Waals surface area contributed by atoms with Crippen molar-refractivity contribution in [1.82, 2.24) is 4.90 Å². The van der Waals surface area contributed by atoms with E-state index in [9.17, 15) is 0 Å². The van der Waals surface area contributed by atoms with Gasteiger partial charge in [0, 0.05) is 15.3 Å². The Morgan fingerprint density at radius 1 is 1.12 bits per heavy atom. The van der Waals surface area contributed by atoms with Gasteiger partial charge in [-0.2, -0.15) is 0 Å². The van der Waals surface area contributed by atoms with E-state index in [-0.39, 0.29) is 0 Å². The van der Waals surface area contributed by atoms with Crippen LogP contribution >= 0.6 is 0 Å². The van der Waals surface area contributed by atoms with Gasteiger partial charge in [-0.05, 0) is 31.5 Å². The van der Waals surface area contributed by atoms with Crippen molar-refractivity contribution in [3.05, 3.63) is 12.7 Å². The third kappa shape index (κ3) is 4.42. The summed E-state index contributed by atoms with van der Waals surface area (Å²) in [5.41, 5.74) is 0.841. The molecule has 2 heteroatoms. The van der Waals surface area contributed by atoms with Crippen molar-refractivity contribution in [3.63, 3.8) is 0 Å². The average Bonchev–Trinajstić information content (AvgIpc) is 2.57. The van der Waals surface area contributed by atoms with Gasteiger partial charge in [-0.15, -0.1) is 6.58 Å². The largest absolute Gasteiger partial charge is 0.303 e. The van der Waals surface area contributed by atoms with Crippen LogP contribution in [0.1, 0.15) is 39.5 Å². The van der Waals surface area contributed by atoms with Gasteiger partial charge in [0.15, 0.2) is 0 Å². The summed E-state index contributed by atoms with van der Waals surface area (Å²) in [7, 11) is -0.553. The van der Waals surface area contributed by atoms with Crippen molar-refractivity contribution in [1.29, 1.82) is 0 Å². The molecule has 1 heterocycles. The van der Waals surface area contributed by atoms with Gasteiger partial charge in [-0.3, -0.25) is 0 Å². The Kier molecular flexibility index (Phi) is 7.05. The van der Waals surface area contributed by atoms with Crippen molar-refractivity contribution in [2.24, 2.45) is 0 Å². The highest BCUT2D eigenvalue weighted by Crippen LogP contribution is 2.21. The molecule has 0 saturated carbocycles. The molecule has 1 aliphatic rings. The zero-order chi connectivity index (χ0) is 11.8. The lowest BCUT2D eigenvalue weighted by molar-refractivity contribution is 0.289. The summed E-state index contributed by atoms with van der Waals surface area (Å²) in [5, 5.41) is 0. The molecule has 94 valence electrons. The first-order valence-electron chi connectivity index (χ1n) is 7.16. The zero-order valence-corrected chi connectivity index (χ0v) is 12.4. The molecule has 0 radical (unpaired) electrons. The number of nitrogens with zero attached hydrogens (tertiary/aromatic N) is 1. The van der Waals surface area contributed by atoms with Crippen molar-refractivity contribution in [3.8, 4) is 0 Å². The van der Waals surface area contributed by atoms with Crippen LogP contribution < -0.4 is 0 Å². The number of rotatable bonds is 6. The molecule has 0 aliphatic carbocycles. The third-order valence-electron chi connectivity index (χ3n) is 4.12. The van der Waals surface area contributed by atoms with E-state index in [1.807, 2.05) is 0 Å². The van der Waals surface area contributed by atoms with Gasteiger partial charge in [-0.25, -0.2) is 0 Å². The van der Waals surface area contributed by atoms with E-state index in [0.717, 1.165) is 5.54 Å². The molecule has 0 bridgehead atoms. The molecule has 1 saturated heterocycles. The van der Waals surface area contributed by atoms with E-state index in [1.54, 1.807) is 0 Å². The summed E-state index contributed by atoms with van der Waals surface area (Å²) in [6, 6.07) is 2.86. The first kappa shape index (κ1) is 14.0. The molecule has 0 aromatic carbocycles. The van der Waals surface area contributed by atoms with Crippen LogP contribution in [0.2, 0.25) is 17.6 Å². The van der Waals surface area contributed by atoms with Crippen LogP contribution in [0.5, 0.6) is 0 Å². The van der Waals surface area contributed by atoms with E-state index < -0.39 is 8.80 Å². The Bertz CT molecular complexity index is 181. The lowest BCUT2D eigenvalue weighted by Crippen LogP contribution is -2.33. The van der Waals surface area contributed by atoms with E-state index in [0.29, 0.717) is 0 Å². The molecule has 1 aliphatic heterocycles. The fourth-order valence-electron chi connectivity index (χ4n) is 2.93. The van der Waals surface area contributed by atoms with E-state index in [4.69, 9.17) is 0 Å². The molecule has 0 aromatic rings. The Balaban J connectivity index is 2.43. The van der Waals surface area contributed by atoms with Gasteiger partial charge in [0.2, 0.25) is 0 Å². The highest BCUT2D eigenvalue weighted by Gasteiger charge is 2.20. The van der Waals surface area contributed by atoms with Crippen LogP contribution in [0, 0.1) is 0 Å². The average molecular weight is 239 g/mol. The number of hydrogen-bond donors (Lipinski definition) is 0. The Hall–Kier alpha value is -0.0831. The molecule has 16 heavy (non-hydrogen) atoms. The lowest BCUT2D eigenvalue weighted by Gasteiger charge is -2.28. The predicted octanol–water partition coefficient (Wildman–Crippen LogP) is 3.69. The van der Waals surface area contributed by atoms with Gasteiger partial charge in [0.25, 0.3) is 0 Å². The van der Waals surface area contributed by atoms with E-state index >= 15 is 0 Å². The van der Waals surface area contributed by atoms with Crippen LogP contribution in [0.15, 0.2) is 12.7 Å². The SMILES string of the molecule is C=CC(CN1CCCCCC1)[SiH](CC)CC. The summed E-state index contributed by atoms with van der Waals surface area (Å²) in [6.07, 6.45) is 7.97. The Morgan fingerprint density at radius 2 is 1.69 bits per heavy atom. The molecule has 0 aromatic heterocycles. The molecule has 1 unspecified atom stereocenters. The zero-order valence-electron chi connectivity index (χ0n) is 11.3. The number of likely N-dealkylation sites (tertiary alicyclic amines) is 1. The molecule has 1 rings (SSSR count). The summed E-state index contributed by atoms with van der Waals surface area (Å²) in [4.78, 5) is 2.70. The maximum absolute atomic E-state index is 4.07. The molecule has 0 N–H and O–H groups in total. The van der Waals surface area contributed by atoms with Crippen LogP contribution in [0.4, 0.5) is 0 Å². The Labute approximate surface area is 104 Å². The minimum Gasteiger partial charge on any atom is -0.303 e. The van der Waals surface area contributed by atoms with Gasteiger partial charge >= 0.3 is 0 Å². The molecule has 1 nitrogen and oxygen atoms in total. The minimum absolute atomic E-state index is 0.553. The van der Waals surface area contributed by atoms with Crippen molar-refractivity contribution in [2.75, 3.05) is 19.6 Å². The number of hydrogen-bond acceptors (Lipinski definition) is 1. The standard InChI is InChI=1S/C14H29NSi/c1-4-14(16(5-2)6-3)13-15-11-9-7-8-10-12-15/h4,14,16H,1,5-13H2,2-3H3. The van der Waals surface area contributed by atoms with Crippen LogP contribution in [-0.2, 0) is 0 Å². The summed E-state index contributed by atoms with van der Waals surface area (Å²) >= 11 is 0. The van der Waals surface area contributed by atoms with Crippen LogP contribution in [0.25, 0.3) is 0 Å². The highest BCUT2D eigenvalue weighted by molar-refractivity contribution is 6.60. The van der Waals surface area contributed by atoms with Gasteiger partial charge in [-0.1, -0.05) is 44.9 Å². The molecule has 0 amide bonds. The fourth-order valence-corrected chi connectivity index (χ4v) is 5.70. The third-order valence-corrected chi connectivity index (χ3v) is 7.92. The van der Waals surface area contributed by atoms with Crippen molar-refractivity contribution >= 4 is 8.80 Å². The smallest absolute Gasteiger partial charge is 0.0452 e. The summed E-state index contributed by atoms with van der Waals surface area (Å²) in [5.74, 6) is 0. The maximum Gasteiger partial charge on any atom is 0.0452 e. The predicted molar refractivity (Wildman–Crippen MR) is 77.0 cm³/mol. The Morgan fingerprint density at radius 3 is 2.12 bits per heavy atom. The van der Waals surface area contributed by atoms with E-state index in [1.165, 1.54) is 57.4 Å². The van der Waals surface area contributed by atoms with Crippen LogP contribution in [0.3, 0.4) is 0 Å². The molecule has 1 fully saturated rings. The first-order valence-corrected chi connectivity index (χ1v) is 9.46. The second-order valence-electron chi connectivity index (χ2n) is 5.19. The van der Waals surface area contributed by atoms with Gasteiger partial charge < -0.3 is 4.90 Å². The minimum atomic E-state index is -0.553. The highest BCUT2D eigenvalue weighted by atomic mass is 28.3. The fraction of sp³-hybridized carbons (Fsp3) is 0.857. The van der Waals surface area contributed by atoms with Crippen molar-refractivity contribution < 1.29 is 0 Å². The van der Waals surface area contributed by atoms with Crippen LogP contribution in [-0.4, -0.2) is 33.3 Å². The van der Waals surface area contributed by atoms with Gasteiger partial charge in [0.1, 0.15) is 0 Å². The molecular weight excluding hydrogens is 210 g/mol. The quantitative estimate of drug-likeness (QED) is 0.505.